The van der Waals surface area contributed by atoms with Gasteiger partial charge in [-0.1, -0.05) is 63.6 Å². The number of nitrogens with one attached hydrogen (secondary N) is 1. The average molecular weight is 452 g/mol. The number of nitrogens with zero attached hydrogens (tertiary/aromatic N) is 3. The normalized spacial score (nSPS) is 10.8. The van der Waals surface area contributed by atoms with Gasteiger partial charge in [0.25, 0.3) is 0 Å². The molecule has 5 nitrogen and oxygen atoms in total. The quantitative estimate of drug-likeness (QED) is 0.558. The molecule has 0 unspecified atom stereocenters. The third-order valence-electron chi connectivity index (χ3n) is 3.76. The molecule has 3 rings (SSSR count). The van der Waals surface area contributed by atoms with E-state index in [1.807, 2.05) is 48.9 Å². The molecule has 0 aliphatic heterocycles. The van der Waals surface area contributed by atoms with Crippen LogP contribution >= 0.6 is 39.3 Å². The third-order valence-corrected chi connectivity index (χ3v) is 5.58. The van der Waals surface area contributed by atoms with Gasteiger partial charge in [-0.3, -0.25) is 4.79 Å². The van der Waals surface area contributed by atoms with Crippen LogP contribution in [0.4, 0.5) is 5.69 Å². The Labute approximate surface area is 169 Å². The molecule has 26 heavy (non-hydrogen) atoms. The van der Waals surface area contributed by atoms with E-state index in [2.05, 4.69) is 31.4 Å². The Kier molecular flexibility index (Phi) is 6.01. The summed E-state index contributed by atoms with van der Waals surface area (Å²) >= 11 is 10.8. The van der Waals surface area contributed by atoms with Gasteiger partial charge < -0.3 is 9.88 Å². The Hall–Kier alpha value is -1.83. The van der Waals surface area contributed by atoms with Crippen LogP contribution in [0.15, 0.2) is 52.1 Å². The molecule has 0 atom stereocenters. The number of rotatable bonds is 5. The number of amides is 1. The van der Waals surface area contributed by atoms with Crippen LogP contribution in [0.1, 0.15) is 5.56 Å². The van der Waals surface area contributed by atoms with E-state index in [4.69, 9.17) is 11.6 Å². The maximum absolute atomic E-state index is 12.2. The number of carbonyl (C=O) groups is 1. The van der Waals surface area contributed by atoms with Gasteiger partial charge in [-0.2, -0.15) is 0 Å². The van der Waals surface area contributed by atoms with Crippen LogP contribution in [0.5, 0.6) is 0 Å². The first kappa shape index (κ1) is 18.9. The van der Waals surface area contributed by atoms with Crippen LogP contribution in [-0.2, 0) is 11.8 Å². The Balaban J connectivity index is 1.67. The molecular weight excluding hydrogens is 436 g/mol. The van der Waals surface area contributed by atoms with E-state index in [-0.39, 0.29) is 11.7 Å². The van der Waals surface area contributed by atoms with E-state index in [0.717, 1.165) is 21.4 Å². The number of halogens is 2. The molecule has 0 aliphatic rings. The summed E-state index contributed by atoms with van der Waals surface area (Å²) in [6.45, 7) is 2.03. The lowest BCUT2D eigenvalue weighted by atomic mass is 10.1. The van der Waals surface area contributed by atoms with Gasteiger partial charge in [-0.15, -0.1) is 10.2 Å². The van der Waals surface area contributed by atoms with Gasteiger partial charge in [0, 0.05) is 17.1 Å². The maximum atomic E-state index is 12.2. The van der Waals surface area contributed by atoms with Crippen LogP contribution in [0.3, 0.4) is 0 Å². The Morgan fingerprint density at radius 2 is 2.04 bits per heavy atom. The molecular formula is C18H16BrClN4OS. The van der Waals surface area contributed by atoms with Gasteiger partial charge in [0.2, 0.25) is 5.91 Å². The van der Waals surface area contributed by atoms with Gasteiger partial charge in [0.05, 0.1) is 16.5 Å². The van der Waals surface area contributed by atoms with E-state index in [0.29, 0.717) is 15.9 Å². The molecule has 3 aromatic rings. The summed E-state index contributed by atoms with van der Waals surface area (Å²) in [5.74, 6) is 0.841. The van der Waals surface area contributed by atoms with Crippen molar-refractivity contribution in [3.8, 4) is 11.4 Å². The molecule has 1 heterocycles. The zero-order valence-corrected chi connectivity index (χ0v) is 17.3. The number of carbonyl (C=O) groups excluding carboxylic acids is 1. The molecule has 0 spiro atoms. The van der Waals surface area contributed by atoms with Gasteiger partial charge in [-0.25, -0.2) is 0 Å². The summed E-state index contributed by atoms with van der Waals surface area (Å²) in [7, 11) is 1.90. The summed E-state index contributed by atoms with van der Waals surface area (Å²) in [6.07, 6.45) is 0. The van der Waals surface area contributed by atoms with E-state index in [1.54, 1.807) is 12.1 Å². The largest absolute Gasteiger partial charge is 0.324 e. The minimum atomic E-state index is -0.153. The van der Waals surface area contributed by atoms with E-state index >= 15 is 0 Å². The van der Waals surface area contributed by atoms with Crippen LogP contribution in [0, 0.1) is 6.92 Å². The van der Waals surface area contributed by atoms with E-state index in [9.17, 15) is 4.79 Å². The third kappa shape index (κ3) is 4.28. The highest BCUT2D eigenvalue weighted by molar-refractivity contribution is 9.10. The van der Waals surface area contributed by atoms with Gasteiger partial charge >= 0.3 is 0 Å². The smallest absolute Gasteiger partial charge is 0.234 e. The first-order valence-corrected chi connectivity index (χ1v) is 9.94. The zero-order chi connectivity index (χ0) is 18.7. The van der Waals surface area contributed by atoms with Crippen molar-refractivity contribution in [2.24, 2.45) is 7.05 Å². The Morgan fingerprint density at radius 3 is 2.77 bits per heavy atom. The van der Waals surface area contributed by atoms with Gasteiger partial charge in [0.1, 0.15) is 0 Å². The van der Waals surface area contributed by atoms with Crippen molar-refractivity contribution in [2.45, 2.75) is 12.1 Å². The molecule has 0 saturated carbocycles. The zero-order valence-electron chi connectivity index (χ0n) is 14.2. The molecule has 134 valence electrons. The number of anilines is 1. The molecule has 8 heteroatoms. The first-order valence-electron chi connectivity index (χ1n) is 7.79. The fourth-order valence-corrected chi connectivity index (χ4v) is 3.84. The number of benzene rings is 2. The minimum absolute atomic E-state index is 0.153. The topological polar surface area (TPSA) is 59.8 Å². The molecule has 0 bridgehead atoms. The highest BCUT2D eigenvalue weighted by Gasteiger charge is 2.14. The van der Waals surface area contributed by atoms with Crippen molar-refractivity contribution in [3.05, 3.63) is 57.5 Å². The molecule has 1 N–H and O–H groups in total. The molecule has 0 fully saturated rings. The highest BCUT2D eigenvalue weighted by Crippen LogP contribution is 2.27. The van der Waals surface area contributed by atoms with Crippen molar-refractivity contribution in [1.29, 1.82) is 0 Å². The lowest BCUT2D eigenvalue weighted by Crippen LogP contribution is -2.14. The molecule has 2 aromatic carbocycles. The van der Waals surface area contributed by atoms with E-state index < -0.39 is 0 Å². The molecule has 0 saturated heterocycles. The summed E-state index contributed by atoms with van der Waals surface area (Å²) in [4.78, 5) is 12.2. The number of aromatic nitrogens is 3. The molecule has 0 aliphatic carbocycles. The Bertz CT molecular complexity index is 960. The van der Waals surface area contributed by atoms with E-state index in [1.165, 1.54) is 11.8 Å². The summed E-state index contributed by atoms with van der Waals surface area (Å²) < 4.78 is 2.75. The average Bonchev–Trinajstić information content (AvgIpc) is 2.97. The van der Waals surface area contributed by atoms with Crippen LogP contribution in [0.2, 0.25) is 5.02 Å². The fraction of sp³-hybridized carbons (Fsp3) is 0.167. The fourth-order valence-electron chi connectivity index (χ4n) is 2.41. The van der Waals surface area contributed by atoms with Crippen LogP contribution in [-0.4, -0.2) is 26.4 Å². The second kappa shape index (κ2) is 8.24. The highest BCUT2D eigenvalue weighted by atomic mass is 79.9. The van der Waals surface area contributed by atoms with Crippen molar-refractivity contribution >= 4 is 50.9 Å². The number of hydrogen-bond acceptors (Lipinski definition) is 4. The standard InChI is InChI=1S/C18H16BrClN4OS/c1-11-5-3-4-6-13(11)17-22-23-18(24(17)2)26-10-16(25)21-15-8-7-12(19)9-14(15)20/h3-9H,10H2,1-2H3,(H,21,25). The predicted octanol–water partition coefficient (Wildman–Crippen LogP) is 4.94. The van der Waals surface area contributed by atoms with Crippen molar-refractivity contribution < 1.29 is 4.79 Å². The van der Waals surface area contributed by atoms with Crippen molar-refractivity contribution in [3.63, 3.8) is 0 Å². The number of aryl methyl sites for hydroxylation is 1. The lowest BCUT2D eigenvalue weighted by molar-refractivity contribution is -0.113. The maximum Gasteiger partial charge on any atom is 0.234 e. The first-order chi connectivity index (χ1) is 12.5. The lowest BCUT2D eigenvalue weighted by Gasteiger charge is -2.08. The monoisotopic (exact) mass is 450 g/mol. The second-order valence-corrected chi connectivity index (χ2v) is 7.91. The van der Waals surface area contributed by atoms with Crippen LogP contribution < -0.4 is 5.32 Å². The molecule has 1 aromatic heterocycles. The van der Waals surface area contributed by atoms with Gasteiger partial charge in [0.15, 0.2) is 11.0 Å². The van der Waals surface area contributed by atoms with Gasteiger partial charge in [-0.05, 0) is 30.7 Å². The molecule has 0 radical (unpaired) electrons. The number of hydrogen-bond donors (Lipinski definition) is 1. The van der Waals surface area contributed by atoms with Crippen LogP contribution in [0.25, 0.3) is 11.4 Å². The summed E-state index contributed by atoms with van der Waals surface area (Å²) in [5.41, 5.74) is 2.74. The predicted molar refractivity (Wildman–Crippen MR) is 110 cm³/mol. The van der Waals surface area contributed by atoms with Crippen molar-refractivity contribution in [2.75, 3.05) is 11.1 Å². The SMILES string of the molecule is Cc1ccccc1-c1nnc(SCC(=O)Nc2ccc(Br)cc2Cl)n1C. The number of thioether (sulfide) groups is 1. The summed E-state index contributed by atoms with van der Waals surface area (Å²) in [6, 6.07) is 13.3. The van der Waals surface area contributed by atoms with Crippen molar-refractivity contribution in [1.82, 2.24) is 14.8 Å². The minimum Gasteiger partial charge on any atom is -0.324 e. The Morgan fingerprint density at radius 1 is 1.27 bits per heavy atom. The second-order valence-electron chi connectivity index (χ2n) is 5.64. The summed E-state index contributed by atoms with van der Waals surface area (Å²) in [5, 5.41) is 12.4. The molecule has 1 amide bonds.